The number of benzene rings is 2. The molecule has 1 atom stereocenters. The van der Waals surface area contributed by atoms with Crippen LogP contribution in [-0.4, -0.2) is 34.0 Å². The highest BCUT2D eigenvalue weighted by Gasteiger charge is 2.28. The zero-order valence-corrected chi connectivity index (χ0v) is 22.0. The van der Waals surface area contributed by atoms with Crippen LogP contribution < -0.4 is 5.32 Å². The van der Waals surface area contributed by atoms with Crippen molar-refractivity contribution in [2.45, 2.75) is 51.6 Å². The first-order valence-electron chi connectivity index (χ1n) is 9.84. The summed E-state index contributed by atoms with van der Waals surface area (Å²) < 4.78 is 1.02. The predicted octanol–water partition coefficient (Wildman–Crippen LogP) is 6.32. The summed E-state index contributed by atoms with van der Waals surface area (Å²) in [6, 6.07) is 12.5. The quantitative estimate of drug-likeness (QED) is 0.422. The third-order valence-corrected chi connectivity index (χ3v) is 6.53. The van der Waals surface area contributed by atoms with Gasteiger partial charge in [0, 0.05) is 32.4 Å². The zero-order valence-electron chi connectivity index (χ0n) is 18.0. The van der Waals surface area contributed by atoms with E-state index in [2.05, 4.69) is 21.2 Å². The van der Waals surface area contributed by atoms with Gasteiger partial charge in [0.15, 0.2) is 0 Å². The predicted molar refractivity (Wildman–Crippen MR) is 135 cm³/mol. The third-order valence-electron chi connectivity index (χ3n) is 4.43. The smallest absolute Gasteiger partial charge is 0.242 e. The summed E-state index contributed by atoms with van der Waals surface area (Å²) in [5, 5.41) is 3.94. The molecule has 0 aliphatic rings. The second kappa shape index (κ2) is 11.6. The van der Waals surface area contributed by atoms with Gasteiger partial charge in [0.05, 0.1) is 5.75 Å². The lowest BCUT2D eigenvalue weighted by Crippen LogP contribution is -2.52. The summed E-state index contributed by atoms with van der Waals surface area (Å²) in [7, 11) is 0. The van der Waals surface area contributed by atoms with E-state index in [0.717, 1.165) is 15.6 Å². The summed E-state index contributed by atoms with van der Waals surface area (Å²) in [5.41, 5.74) is 1.48. The van der Waals surface area contributed by atoms with Gasteiger partial charge < -0.3 is 10.2 Å². The highest BCUT2D eigenvalue weighted by atomic mass is 79.9. The average molecular weight is 546 g/mol. The minimum Gasteiger partial charge on any atom is -0.350 e. The summed E-state index contributed by atoms with van der Waals surface area (Å²) in [5.74, 6) is 0.638. The van der Waals surface area contributed by atoms with Gasteiger partial charge in [-0.3, -0.25) is 9.59 Å². The van der Waals surface area contributed by atoms with Crippen LogP contribution in [0.2, 0.25) is 10.0 Å². The van der Waals surface area contributed by atoms with Gasteiger partial charge in [0.25, 0.3) is 0 Å². The van der Waals surface area contributed by atoms with E-state index < -0.39 is 11.6 Å². The molecule has 0 aliphatic heterocycles. The zero-order chi connectivity index (χ0) is 23.2. The van der Waals surface area contributed by atoms with Crippen molar-refractivity contribution in [2.24, 2.45) is 0 Å². The van der Waals surface area contributed by atoms with E-state index in [4.69, 9.17) is 23.2 Å². The van der Waals surface area contributed by atoms with Gasteiger partial charge in [-0.2, -0.15) is 0 Å². The Bertz CT molecular complexity index is 917. The van der Waals surface area contributed by atoms with E-state index >= 15 is 0 Å². The maximum absolute atomic E-state index is 13.1. The van der Waals surface area contributed by atoms with Crippen LogP contribution in [-0.2, 0) is 21.9 Å². The normalized spacial score (nSPS) is 12.4. The molecular formula is C23H27BrCl2N2O2S. The number of amides is 2. The van der Waals surface area contributed by atoms with Crippen molar-refractivity contribution in [3.63, 3.8) is 0 Å². The van der Waals surface area contributed by atoms with Crippen LogP contribution in [0, 0.1) is 0 Å². The lowest BCUT2D eigenvalue weighted by atomic mass is 10.1. The van der Waals surface area contributed by atoms with Crippen LogP contribution in [0.15, 0.2) is 46.9 Å². The van der Waals surface area contributed by atoms with Gasteiger partial charge in [-0.1, -0.05) is 57.3 Å². The molecule has 0 bridgehead atoms. The number of halogens is 3. The molecule has 0 fully saturated rings. The molecule has 2 rings (SSSR count). The Morgan fingerprint density at radius 2 is 1.77 bits per heavy atom. The number of hydrogen-bond donors (Lipinski definition) is 1. The minimum atomic E-state index is -0.647. The summed E-state index contributed by atoms with van der Waals surface area (Å²) >= 11 is 17.3. The molecule has 2 aromatic rings. The van der Waals surface area contributed by atoms with Crippen molar-refractivity contribution >= 4 is 62.7 Å². The Balaban J connectivity index is 2.13. The van der Waals surface area contributed by atoms with E-state index in [1.54, 1.807) is 30.0 Å². The summed E-state index contributed by atoms with van der Waals surface area (Å²) in [4.78, 5) is 27.5. The van der Waals surface area contributed by atoms with Gasteiger partial charge in [-0.25, -0.2) is 0 Å². The molecule has 0 heterocycles. The number of carbonyl (C=O) groups excluding carboxylic acids is 2. The molecule has 0 radical (unpaired) electrons. The number of hydrogen-bond acceptors (Lipinski definition) is 3. The van der Waals surface area contributed by atoms with Crippen LogP contribution in [0.4, 0.5) is 0 Å². The van der Waals surface area contributed by atoms with Crippen LogP contribution in [0.1, 0.15) is 38.8 Å². The van der Waals surface area contributed by atoms with Crippen molar-refractivity contribution in [2.75, 3.05) is 5.75 Å². The van der Waals surface area contributed by atoms with Gasteiger partial charge in [-0.15, -0.1) is 11.8 Å². The van der Waals surface area contributed by atoms with Crippen LogP contribution >= 0.6 is 50.9 Å². The number of thioether (sulfide) groups is 1. The topological polar surface area (TPSA) is 49.4 Å². The Hall–Kier alpha value is -1.21. The molecule has 1 N–H and O–H groups in total. The maximum Gasteiger partial charge on any atom is 0.242 e. The van der Waals surface area contributed by atoms with Crippen molar-refractivity contribution in [1.29, 1.82) is 0 Å². The third kappa shape index (κ3) is 8.68. The first-order valence-corrected chi connectivity index (χ1v) is 12.5. The molecule has 0 unspecified atom stereocenters. The van der Waals surface area contributed by atoms with E-state index in [1.807, 2.05) is 45.0 Å². The average Bonchev–Trinajstić information content (AvgIpc) is 2.67. The Labute approximate surface area is 207 Å². The van der Waals surface area contributed by atoms with Crippen molar-refractivity contribution in [3.05, 3.63) is 68.1 Å². The van der Waals surface area contributed by atoms with Crippen molar-refractivity contribution in [3.8, 4) is 0 Å². The van der Waals surface area contributed by atoms with Crippen LogP contribution in [0.3, 0.4) is 0 Å². The second-order valence-corrected chi connectivity index (χ2v) is 11.0. The van der Waals surface area contributed by atoms with Crippen molar-refractivity contribution in [1.82, 2.24) is 10.2 Å². The maximum atomic E-state index is 13.1. The standard InChI is InChI=1S/C23H27BrCl2N2O2S/c1-15(22(30)27-23(2,3)4)28(12-17-7-10-19(25)11-20(17)26)21(29)14-31-13-16-5-8-18(24)9-6-16/h5-11,15H,12-14H2,1-4H3,(H,27,30)/t15-/m0/s1. The number of rotatable bonds is 8. The summed E-state index contributed by atoms with van der Waals surface area (Å²) in [6.45, 7) is 7.70. The van der Waals surface area contributed by atoms with E-state index in [-0.39, 0.29) is 24.1 Å². The monoisotopic (exact) mass is 544 g/mol. The Morgan fingerprint density at radius 3 is 2.35 bits per heavy atom. The lowest BCUT2D eigenvalue weighted by molar-refractivity contribution is -0.139. The van der Waals surface area contributed by atoms with E-state index in [1.165, 1.54) is 11.8 Å². The molecule has 0 aliphatic carbocycles. The van der Waals surface area contributed by atoms with Gasteiger partial charge >= 0.3 is 0 Å². The molecule has 0 saturated heterocycles. The largest absolute Gasteiger partial charge is 0.350 e. The molecule has 8 heteroatoms. The second-order valence-electron chi connectivity index (χ2n) is 8.29. The molecule has 2 amide bonds. The molecule has 0 aromatic heterocycles. The molecule has 168 valence electrons. The number of carbonyl (C=O) groups is 2. The first-order chi connectivity index (χ1) is 14.5. The van der Waals surface area contributed by atoms with Gasteiger partial charge in [0.2, 0.25) is 11.8 Å². The van der Waals surface area contributed by atoms with E-state index in [0.29, 0.717) is 15.8 Å². The SMILES string of the molecule is C[C@@H](C(=O)NC(C)(C)C)N(Cc1ccc(Cl)cc1Cl)C(=O)CSCc1ccc(Br)cc1. The van der Waals surface area contributed by atoms with Crippen LogP contribution in [0.25, 0.3) is 0 Å². The highest BCUT2D eigenvalue weighted by molar-refractivity contribution is 9.10. The fourth-order valence-corrected chi connectivity index (χ4v) is 4.41. The molecule has 0 saturated carbocycles. The lowest BCUT2D eigenvalue weighted by Gasteiger charge is -2.31. The molecule has 4 nitrogen and oxygen atoms in total. The molecular weight excluding hydrogens is 519 g/mol. The highest BCUT2D eigenvalue weighted by Crippen LogP contribution is 2.24. The molecule has 31 heavy (non-hydrogen) atoms. The van der Waals surface area contributed by atoms with Gasteiger partial charge in [0.1, 0.15) is 6.04 Å². The van der Waals surface area contributed by atoms with Gasteiger partial charge in [-0.05, 0) is 63.1 Å². The Kier molecular flexibility index (Phi) is 9.74. The Morgan fingerprint density at radius 1 is 1.13 bits per heavy atom. The first kappa shape index (κ1) is 26.0. The number of nitrogens with zero attached hydrogens (tertiary/aromatic N) is 1. The molecule has 2 aromatic carbocycles. The van der Waals surface area contributed by atoms with Crippen LogP contribution in [0.5, 0.6) is 0 Å². The summed E-state index contributed by atoms with van der Waals surface area (Å²) in [6.07, 6.45) is 0. The fourth-order valence-electron chi connectivity index (χ4n) is 2.81. The number of nitrogens with one attached hydrogen (secondary N) is 1. The fraction of sp³-hybridized carbons (Fsp3) is 0.391. The molecule has 0 spiro atoms. The van der Waals surface area contributed by atoms with Crippen molar-refractivity contribution < 1.29 is 9.59 Å². The minimum absolute atomic E-state index is 0.121. The van der Waals surface area contributed by atoms with E-state index in [9.17, 15) is 9.59 Å².